The second kappa shape index (κ2) is 2.62. The van der Waals surface area contributed by atoms with Crippen LogP contribution in [0.25, 0.3) is 0 Å². The van der Waals surface area contributed by atoms with Crippen molar-refractivity contribution in [2.75, 3.05) is 0 Å². The third-order valence-electron chi connectivity index (χ3n) is 2.05. The standard InChI is InChI=1S/C8H12N2O2/c1-8(2)5-3-4-6(9)7(8)10(11)12/h3-5,7H,9H2,1-2H3. The fraction of sp³-hybridized carbons (Fsp3) is 0.500. The minimum atomic E-state index is -0.789. The van der Waals surface area contributed by atoms with Crippen LogP contribution in [-0.4, -0.2) is 11.0 Å². The number of nitrogens with zero attached hydrogens (tertiary/aromatic N) is 1. The van der Waals surface area contributed by atoms with E-state index in [-0.39, 0.29) is 4.92 Å². The number of nitro groups is 1. The first-order valence-corrected chi connectivity index (χ1v) is 3.73. The van der Waals surface area contributed by atoms with Crippen molar-refractivity contribution in [2.24, 2.45) is 11.1 Å². The Labute approximate surface area is 70.9 Å². The molecule has 0 bridgehead atoms. The largest absolute Gasteiger partial charge is 0.396 e. The molecule has 0 radical (unpaired) electrons. The summed E-state index contributed by atoms with van der Waals surface area (Å²) in [4.78, 5) is 10.3. The Morgan fingerprint density at radius 3 is 2.58 bits per heavy atom. The second-order valence-corrected chi connectivity index (χ2v) is 3.54. The SMILES string of the molecule is CC1(C)C=CC=C(N)C1[N+](=O)[O-]. The Kier molecular flexibility index (Phi) is 1.92. The maximum absolute atomic E-state index is 10.6. The molecule has 0 aromatic heterocycles. The van der Waals surface area contributed by atoms with Crippen molar-refractivity contribution in [3.8, 4) is 0 Å². The molecule has 66 valence electrons. The van der Waals surface area contributed by atoms with Gasteiger partial charge >= 0.3 is 0 Å². The van der Waals surface area contributed by atoms with Gasteiger partial charge in [-0.25, -0.2) is 0 Å². The van der Waals surface area contributed by atoms with Crippen LogP contribution >= 0.6 is 0 Å². The monoisotopic (exact) mass is 168 g/mol. The van der Waals surface area contributed by atoms with E-state index >= 15 is 0 Å². The molecule has 4 heteroatoms. The van der Waals surface area contributed by atoms with E-state index in [0.29, 0.717) is 5.70 Å². The van der Waals surface area contributed by atoms with Crippen LogP contribution in [0.15, 0.2) is 23.9 Å². The van der Waals surface area contributed by atoms with Gasteiger partial charge in [-0.3, -0.25) is 10.1 Å². The molecule has 0 amide bonds. The molecule has 12 heavy (non-hydrogen) atoms. The third kappa shape index (κ3) is 1.32. The highest BCUT2D eigenvalue weighted by Gasteiger charge is 2.40. The summed E-state index contributed by atoms with van der Waals surface area (Å²) < 4.78 is 0. The molecule has 0 spiro atoms. The van der Waals surface area contributed by atoms with E-state index in [9.17, 15) is 10.1 Å². The van der Waals surface area contributed by atoms with Gasteiger partial charge in [-0.1, -0.05) is 12.2 Å². The van der Waals surface area contributed by atoms with Gasteiger partial charge in [-0.05, 0) is 19.9 Å². The molecule has 2 N–H and O–H groups in total. The van der Waals surface area contributed by atoms with E-state index in [1.165, 1.54) is 0 Å². The summed E-state index contributed by atoms with van der Waals surface area (Å²) in [6, 6.07) is -0.789. The predicted molar refractivity (Wildman–Crippen MR) is 46.0 cm³/mol. The summed E-state index contributed by atoms with van der Waals surface area (Å²) in [6.45, 7) is 3.60. The van der Waals surface area contributed by atoms with Gasteiger partial charge in [0.25, 0.3) is 6.04 Å². The van der Waals surface area contributed by atoms with Gasteiger partial charge in [0.1, 0.15) is 0 Å². The van der Waals surface area contributed by atoms with Crippen LogP contribution in [0.5, 0.6) is 0 Å². The summed E-state index contributed by atoms with van der Waals surface area (Å²) in [6.07, 6.45) is 5.14. The maximum atomic E-state index is 10.6. The van der Waals surface area contributed by atoms with Crippen molar-refractivity contribution in [1.29, 1.82) is 0 Å². The van der Waals surface area contributed by atoms with Crippen molar-refractivity contribution in [2.45, 2.75) is 19.9 Å². The molecule has 1 aliphatic carbocycles. The number of hydrogen-bond donors (Lipinski definition) is 1. The highest BCUT2D eigenvalue weighted by molar-refractivity contribution is 5.25. The number of allylic oxidation sites excluding steroid dienone is 2. The van der Waals surface area contributed by atoms with E-state index in [1.807, 2.05) is 0 Å². The third-order valence-corrected chi connectivity index (χ3v) is 2.05. The summed E-state index contributed by atoms with van der Waals surface area (Å²) in [5, 5.41) is 10.6. The molecule has 0 aromatic carbocycles. The minimum Gasteiger partial charge on any atom is -0.396 e. The Morgan fingerprint density at radius 1 is 1.67 bits per heavy atom. The van der Waals surface area contributed by atoms with Crippen LogP contribution in [0.2, 0.25) is 0 Å². The number of rotatable bonds is 1. The molecule has 1 atom stereocenters. The van der Waals surface area contributed by atoms with E-state index in [2.05, 4.69) is 0 Å². The lowest BCUT2D eigenvalue weighted by Gasteiger charge is -2.26. The smallest absolute Gasteiger partial charge is 0.260 e. The molecular formula is C8H12N2O2. The number of nitrogens with two attached hydrogens (primary N) is 1. The zero-order valence-electron chi connectivity index (χ0n) is 7.15. The van der Waals surface area contributed by atoms with E-state index in [0.717, 1.165) is 0 Å². The Hall–Kier alpha value is -1.32. The first-order valence-electron chi connectivity index (χ1n) is 3.73. The first-order chi connectivity index (χ1) is 5.45. The molecule has 1 unspecified atom stereocenters. The average molecular weight is 168 g/mol. The van der Waals surface area contributed by atoms with Crippen molar-refractivity contribution in [3.63, 3.8) is 0 Å². The lowest BCUT2D eigenvalue weighted by molar-refractivity contribution is -0.527. The quantitative estimate of drug-likeness (QED) is 0.470. The topological polar surface area (TPSA) is 69.2 Å². The molecule has 0 aliphatic heterocycles. The fourth-order valence-corrected chi connectivity index (χ4v) is 1.41. The molecule has 0 saturated carbocycles. The zero-order chi connectivity index (χ0) is 9.35. The molecule has 0 aromatic rings. The molecular weight excluding hydrogens is 156 g/mol. The van der Waals surface area contributed by atoms with Gasteiger partial charge in [-0.2, -0.15) is 0 Å². The van der Waals surface area contributed by atoms with Crippen molar-refractivity contribution < 1.29 is 4.92 Å². The van der Waals surface area contributed by atoms with Crippen molar-refractivity contribution in [1.82, 2.24) is 0 Å². The van der Waals surface area contributed by atoms with Crippen LogP contribution in [0, 0.1) is 15.5 Å². The van der Waals surface area contributed by atoms with Gasteiger partial charge in [0.2, 0.25) is 0 Å². The first kappa shape index (κ1) is 8.77. The summed E-state index contributed by atoms with van der Waals surface area (Å²) in [5.74, 6) is 0. The van der Waals surface area contributed by atoms with Gasteiger partial charge < -0.3 is 5.73 Å². The molecule has 0 heterocycles. The highest BCUT2D eigenvalue weighted by Crippen LogP contribution is 2.30. The van der Waals surface area contributed by atoms with Gasteiger partial charge in [0.15, 0.2) is 0 Å². The second-order valence-electron chi connectivity index (χ2n) is 3.54. The summed E-state index contributed by atoms with van der Waals surface area (Å²) >= 11 is 0. The zero-order valence-corrected chi connectivity index (χ0v) is 7.15. The minimum absolute atomic E-state index is 0.326. The fourth-order valence-electron chi connectivity index (χ4n) is 1.41. The lowest BCUT2D eigenvalue weighted by Crippen LogP contribution is -2.40. The van der Waals surface area contributed by atoms with Crippen LogP contribution in [0.4, 0.5) is 0 Å². The molecule has 0 fully saturated rings. The lowest BCUT2D eigenvalue weighted by atomic mass is 9.80. The van der Waals surface area contributed by atoms with Crippen LogP contribution in [0.3, 0.4) is 0 Å². The maximum Gasteiger partial charge on any atom is 0.260 e. The summed E-state index contributed by atoms with van der Waals surface area (Å²) in [7, 11) is 0. The van der Waals surface area contributed by atoms with E-state index < -0.39 is 11.5 Å². The molecule has 1 rings (SSSR count). The van der Waals surface area contributed by atoms with Crippen LogP contribution in [-0.2, 0) is 0 Å². The highest BCUT2D eigenvalue weighted by atomic mass is 16.6. The Balaban J connectivity index is 3.03. The van der Waals surface area contributed by atoms with E-state index in [1.54, 1.807) is 32.1 Å². The molecule has 1 aliphatic rings. The Bertz CT molecular complexity index is 266. The normalized spacial score (nSPS) is 26.5. The van der Waals surface area contributed by atoms with Crippen LogP contribution < -0.4 is 5.73 Å². The van der Waals surface area contributed by atoms with Crippen molar-refractivity contribution in [3.05, 3.63) is 34.0 Å². The number of hydrogen-bond acceptors (Lipinski definition) is 3. The van der Waals surface area contributed by atoms with Crippen molar-refractivity contribution >= 4 is 0 Å². The predicted octanol–water partition coefficient (Wildman–Crippen LogP) is 1.07. The molecule has 4 nitrogen and oxygen atoms in total. The van der Waals surface area contributed by atoms with Gasteiger partial charge in [0, 0.05) is 4.92 Å². The average Bonchev–Trinajstić information content (AvgIpc) is 1.82. The Morgan fingerprint density at radius 2 is 2.25 bits per heavy atom. The van der Waals surface area contributed by atoms with Crippen LogP contribution in [0.1, 0.15) is 13.8 Å². The van der Waals surface area contributed by atoms with Gasteiger partial charge in [0.05, 0.1) is 11.1 Å². The van der Waals surface area contributed by atoms with E-state index in [4.69, 9.17) is 5.73 Å². The summed E-state index contributed by atoms with van der Waals surface area (Å²) in [5.41, 5.74) is 5.37. The van der Waals surface area contributed by atoms with Gasteiger partial charge in [-0.15, -0.1) is 0 Å². The molecule has 0 saturated heterocycles.